The summed E-state index contributed by atoms with van der Waals surface area (Å²) in [4.78, 5) is 74.2. The number of nitrogens with zero attached hydrogens (tertiary/aromatic N) is 5. The Morgan fingerprint density at radius 2 is 1.47 bits per heavy atom. The number of pyridine rings is 1. The van der Waals surface area contributed by atoms with E-state index in [1.807, 2.05) is 31.2 Å². The van der Waals surface area contributed by atoms with Crippen molar-refractivity contribution in [2.45, 2.75) is 57.0 Å². The highest BCUT2D eigenvalue weighted by Gasteiger charge is 2.41. The number of imidazole rings is 2. The number of fused-ring (bicyclic) bond motifs is 1. The standard InChI is InChI=1S/C40H45N9O6/c1-40(17-5-7-20-49(40)34(51)24-45-39(53)55-3)37-43-22-31(47-37)28-16-15-27(35-29(28)9-8-18-41-35)25-11-13-26(14-12-25)30-21-42-36(46-30)32-10-4-6-19-48(32)33(50)23-44-38(52)54-2/h8-9,11-16,18,21-22,32H,4-7,10,17,19-20,23-24H2,1-3H3,(H,42,46)(H,43,47)(H,44,52)(H,45,53)/t32?,40-/m1/s1. The molecule has 2 fully saturated rings. The Morgan fingerprint density at radius 3 is 2.24 bits per heavy atom. The molecule has 3 aromatic heterocycles. The topological polar surface area (TPSA) is 188 Å². The molecule has 4 N–H and O–H groups in total. The van der Waals surface area contributed by atoms with Gasteiger partial charge in [0.05, 0.1) is 55.1 Å². The molecule has 7 rings (SSSR count). The number of rotatable bonds is 9. The third-order valence-electron chi connectivity index (χ3n) is 10.7. The van der Waals surface area contributed by atoms with E-state index in [1.54, 1.807) is 28.4 Å². The molecule has 4 amide bonds. The largest absolute Gasteiger partial charge is 0.453 e. The van der Waals surface area contributed by atoms with Gasteiger partial charge in [0, 0.05) is 35.8 Å². The minimum atomic E-state index is -0.674. The molecule has 5 aromatic rings. The van der Waals surface area contributed by atoms with Crippen molar-refractivity contribution in [2.75, 3.05) is 40.4 Å². The van der Waals surface area contributed by atoms with Crippen LogP contribution in [0.2, 0.25) is 0 Å². The van der Waals surface area contributed by atoms with Crippen LogP contribution in [0.5, 0.6) is 0 Å². The number of carbonyl (C=O) groups is 4. The molecule has 0 spiro atoms. The second-order valence-corrected chi connectivity index (χ2v) is 14.0. The predicted molar refractivity (Wildman–Crippen MR) is 204 cm³/mol. The summed E-state index contributed by atoms with van der Waals surface area (Å²) in [6.07, 6.45) is 9.29. The van der Waals surface area contributed by atoms with Gasteiger partial charge in [-0.2, -0.15) is 0 Å². The molecule has 15 nitrogen and oxygen atoms in total. The molecule has 2 aliphatic rings. The minimum Gasteiger partial charge on any atom is -0.453 e. The zero-order valence-electron chi connectivity index (χ0n) is 31.2. The van der Waals surface area contributed by atoms with Crippen LogP contribution < -0.4 is 10.6 Å². The molecule has 286 valence electrons. The Balaban J connectivity index is 1.11. The van der Waals surface area contributed by atoms with Crippen LogP contribution in [-0.2, 0) is 24.6 Å². The van der Waals surface area contributed by atoms with Crippen molar-refractivity contribution < 1.29 is 28.7 Å². The summed E-state index contributed by atoms with van der Waals surface area (Å²) in [5.74, 6) is 1.02. The number of carbonyl (C=O) groups excluding carboxylic acids is 4. The van der Waals surface area contributed by atoms with Gasteiger partial charge in [-0.1, -0.05) is 42.5 Å². The van der Waals surface area contributed by atoms with Gasteiger partial charge in [-0.15, -0.1) is 0 Å². The molecule has 0 radical (unpaired) electrons. The lowest BCUT2D eigenvalue weighted by atomic mass is 9.87. The lowest BCUT2D eigenvalue weighted by Crippen LogP contribution is -2.53. The highest BCUT2D eigenvalue weighted by atomic mass is 16.5. The molecule has 0 saturated carbocycles. The smallest absolute Gasteiger partial charge is 0.407 e. The predicted octanol–water partition coefficient (Wildman–Crippen LogP) is 5.68. The van der Waals surface area contributed by atoms with Crippen LogP contribution in [0.15, 0.2) is 67.1 Å². The van der Waals surface area contributed by atoms with Gasteiger partial charge < -0.3 is 39.9 Å². The molecule has 2 saturated heterocycles. The summed E-state index contributed by atoms with van der Waals surface area (Å²) in [5, 5.41) is 5.94. The Kier molecular flexibility index (Phi) is 10.8. The minimum absolute atomic E-state index is 0.134. The van der Waals surface area contributed by atoms with E-state index in [1.165, 1.54) is 14.2 Å². The summed E-state index contributed by atoms with van der Waals surface area (Å²) in [5.41, 5.74) is 5.68. The number of ether oxygens (including phenoxy) is 2. The van der Waals surface area contributed by atoms with Gasteiger partial charge in [0.15, 0.2) is 0 Å². The number of aromatic amines is 2. The van der Waals surface area contributed by atoms with E-state index in [2.05, 4.69) is 59.3 Å². The number of nitrogens with one attached hydrogen (secondary N) is 4. The van der Waals surface area contributed by atoms with Crippen LogP contribution in [-0.4, -0.2) is 99.1 Å². The Hall–Kier alpha value is -6.25. The van der Waals surface area contributed by atoms with Gasteiger partial charge in [-0.25, -0.2) is 19.6 Å². The fourth-order valence-electron chi connectivity index (χ4n) is 7.77. The van der Waals surface area contributed by atoms with Crippen molar-refractivity contribution in [3.8, 4) is 33.6 Å². The van der Waals surface area contributed by atoms with Gasteiger partial charge in [0.25, 0.3) is 0 Å². The maximum atomic E-state index is 13.3. The number of benzene rings is 2. The fraction of sp³-hybridized carbons (Fsp3) is 0.375. The van der Waals surface area contributed by atoms with Crippen molar-refractivity contribution in [1.29, 1.82) is 0 Å². The zero-order valence-corrected chi connectivity index (χ0v) is 31.2. The Labute approximate surface area is 318 Å². The first-order chi connectivity index (χ1) is 26.7. The van der Waals surface area contributed by atoms with E-state index in [4.69, 9.17) is 9.97 Å². The van der Waals surface area contributed by atoms with Crippen molar-refractivity contribution in [3.05, 3.63) is 78.8 Å². The van der Waals surface area contributed by atoms with Gasteiger partial charge >= 0.3 is 12.2 Å². The molecular formula is C40H45N9O6. The summed E-state index contributed by atoms with van der Waals surface area (Å²) >= 11 is 0. The summed E-state index contributed by atoms with van der Waals surface area (Å²) in [6, 6.07) is 16.1. The van der Waals surface area contributed by atoms with E-state index in [-0.39, 0.29) is 30.9 Å². The lowest BCUT2D eigenvalue weighted by Gasteiger charge is -2.43. The van der Waals surface area contributed by atoms with Crippen LogP contribution in [0.25, 0.3) is 44.5 Å². The number of amides is 4. The van der Waals surface area contributed by atoms with Crippen LogP contribution in [0, 0.1) is 0 Å². The third kappa shape index (κ3) is 7.59. The lowest BCUT2D eigenvalue weighted by molar-refractivity contribution is -0.139. The van der Waals surface area contributed by atoms with E-state index in [9.17, 15) is 19.2 Å². The SMILES string of the molecule is COC(=O)NCC(=O)N1CCCCC1c1ncc(-c2ccc(-c3ccc(-c4cnc([C@@]5(C)CCCCN5C(=O)CNC(=O)OC)[nH]4)c4cccnc34)cc2)[nH]1. The fourth-order valence-corrected chi connectivity index (χ4v) is 7.77. The van der Waals surface area contributed by atoms with Gasteiger partial charge in [-0.3, -0.25) is 14.6 Å². The second kappa shape index (κ2) is 16.0. The number of likely N-dealkylation sites (tertiary alicyclic amines) is 2. The maximum Gasteiger partial charge on any atom is 0.407 e. The number of methoxy groups -OCH3 is 2. The molecule has 55 heavy (non-hydrogen) atoms. The summed E-state index contributed by atoms with van der Waals surface area (Å²) in [6.45, 7) is 2.88. The van der Waals surface area contributed by atoms with Crippen LogP contribution in [0.3, 0.4) is 0 Å². The normalized spacial score (nSPS) is 18.5. The monoisotopic (exact) mass is 747 g/mol. The van der Waals surface area contributed by atoms with E-state index >= 15 is 0 Å². The van der Waals surface area contributed by atoms with E-state index < -0.39 is 17.7 Å². The molecular weight excluding hydrogens is 702 g/mol. The molecule has 2 aliphatic heterocycles. The van der Waals surface area contributed by atoms with E-state index in [0.717, 1.165) is 83.1 Å². The molecule has 0 aliphatic carbocycles. The Bertz CT molecular complexity index is 2200. The van der Waals surface area contributed by atoms with Gasteiger partial charge in [0.2, 0.25) is 11.8 Å². The number of hydrogen-bond donors (Lipinski definition) is 4. The molecule has 15 heteroatoms. The summed E-state index contributed by atoms with van der Waals surface area (Å²) in [7, 11) is 2.54. The molecule has 1 unspecified atom stereocenters. The number of piperidine rings is 2. The Morgan fingerprint density at radius 1 is 0.782 bits per heavy atom. The number of H-pyrrole nitrogens is 2. The number of hydrogen-bond acceptors (Lipinski definition) is 9. The van der Waals surface area contributed by atoms with Crippen LogP contribution in [0.1, 0.15) is 63.1 Å². The van der Waals surface area contributed by atoms with E-state index in [0.29, 0.717) is 24.7 Å². The van der Waals surface area contributed by atoms with Crippen molar-refractivity contribution in [2.24, 2.45) is 0 Å². The van der Waals surface area contributed by atoms with Crippen molar-refractivity contribution >= 4 is 34.9 Å². The van der Waals surface area contributed by atoms with Gasteiger partial charge in [0.1, 0.15) is 24.7 Å². The quantitative estimate of drug-likeness (QED) is 0.147. The first-order valence-electron chi connectivity index (χ1n) is 18.5. The average Bonchev–Trinajstić information content (AvgIpc) is 3.93. The maximum absolute atomic E-state index is 13.3. The van der Waals surface area contributed by atoms with Gasteiger partial charge in [-0.05, 0) is 62.6 Å². The first kappa shape index (κ1) is 37.1. The first-order valence-corrected chi connectivity index (χ1v) is 18.5. The molecule has 2 aromatic carbocycles. The van der Waals surface area contributed by atoms with Crippen LogP contribution in [0.4, 0.5) is 9.59 Å². The van der Waals surface area contributed by atoms with Crippen molar-refractivity contribution in [3.63, 3.8) is 0 Å². The summed E-state index contributed by atoms with van der Waals surface area (Å²) < 4.78 is 9.26. The molecule has 0 bridgehead atoms. The highest BCUT2D eigenvalue weighted by molar-refractivity contribution is 6.02. The van der Waals surface area contributed by atoms with Crippen LogP contribution >= 0.6 is 0 Å². The second-order valence-electron chi connectivity index (χ2n) is 14.0. The zero-order chi connectivity index (χ0) is 38.5. The number of alkyl carbamates (subject to hydrolysis) is 2. The average molecular weight is 748 g/mol. The van der Waals surface area contributed by atoms with Crippen molar-refractivity contribution in [1.82, 2.24) is 45.4 Å². The molecule has 5 heterocycles. The molecule has 2 atom stereocenters. The highest BCUT2D eigenvalue weighted by Crippen LogP contribution is 2.39. The number of aromatic nitrogens is 5. The third-order valence-corrected chi connectivity index (χ3v) is 10.7.